The third kappa shape index (κ3) is 3.72. The number of carbonyl (C=O) groups excluding carboxylic acids is 1. The average Bonchev–Trinajstić information content (AvgIpc) is 3.46. The van der Waals surface area contributed by atoms with Crippen LogP contribution in [0.3, 0.4) is 0 Å². The first kappa shape index (κ1) is 18.1. The molecule has 0 amide bonds. The lowest BCUT2D eigenvalue weighted by Gasteiger charge is -2.04. The summed E-state index contributed by atoms with van der Waals surface area (Å²) in [6.07, 6.45) is 4.49. The summed E-state index contributed by atoms with van der Waals surface area (Å²) >= 11 is 1.64. The second-order valence-corrected chi connectivity index (χ2v) is 7.28. The Morgan fingerprint density at radius 2 is 2.07 bits per heavy atom. The molecule has 0 saturated carbocycles. The van der Waals surface area contributed by atoms with Crippen molar-refractivity contribution < 1.29 is 13.9 Å². The molecule has 0 atom stereocenters. The molecule has 0 N–H and O–H groups in total. The van der Waals surface area contributed by atoms with Crippen molar-refractivity contribution in [3.8, 4) is 16.5 Å². The topological polar surface area (TPSA) is 83.0 Å². The Morgan fingerprint density at radius 1 is 1.25 bits per heavy atom. The molecule has 7 nitrogen and oxygen atoms in total. The van der Waals surface area contributed by atoms with Gasteiger partial charge in [-0.2, -0.15) is 5.10 Å². The van der Waals surface area contributed by atoms with Crippen molar-refractivity contribution >= 4 is 17.3 Å². The van der Waals surface area contributed by atoms with Gasteiger partial charge in [-0.05, 0) is 55.3 Å². The van der Waals surface area contributed by atoms with Gasteiger partial charge in [0.05, 0.1) is 16.1 Å². The van der Waals surface area contributed by atoms with Crippen LogP contribution in [0.2, 0.25) is 0 Å². The van der Waals surface area contributed by atoms with Crippen molar-refractivity contribution in [2.45, 2.75) is 26.9 Å². The van der Waals surface area contributed by atoms with E-state index in [1.54, 1.807) is 46.5 Å². The monoisotopic (exact) mass is 394 g/mol. The van der Waals surface area contributed by atoms with Gasteiger partial charge in [0.15, 0.2) is 6.61 Å². The number of ether oxygens (including phenoxy) is 1. The molecule has 28 heavy (non-hydrogen) atoms. The number of nitrogens with zero attached hydrogens (tertiary/aromatic N) is 4. The van der Waals surface area contributed by atoms with E-state index in [9.17, 15) is 4.79 Å². The zero-order valence-electron chi connectivity index (χ0n) is 15.5. The molecule has 3 aromatic heterocycles. The molecule has 142 valence electrons. The molecule has 0 radical (unpaired) electrons. The smallest absolute Gasteiger partial charge is 0.338 e. The van der Waals surface area contributed by atoms with Gasteiger partial charge >= 0.3 is 5.97 Å². The minimum Gasteiger partial charge on any atom is -0.452 e. The van der Waals surface area contributed by atoms with Crippen molar-refractivity contribution in [2.75, 3.05) is 0 Å². The molecular formula is C20H18N4O3S. The molecule has 0 aliphatic rings. The molecule has 0 saturated heterocycles. The van der Waals surface area contributed by atoms with Crippen LogP contribution in [0.5, 0.6) is 0 Å². The zero-order chi connectivity index (χ0) is 19.5. The molecule has 0 aliphatic carbocycles. The maximum atomic E-state index is 12.2. The molecule has 1 aromatic carbocycles. The fourth-order valence-corrected chi connectivity index (χ4v) is 3.81. The Morgan fingerprint density at radius 3 is 2.75 bits per heavy atom. The quantitative estimate of drug-likeness (QED) is 0.456. The summed E-state index contributed by atoms with van der Waals surface area (Å²) in [6.45, 7) is 4.11. The van der Waals surface area contributed by atoms with Crippen LogP contribution in [0.4, 0.5) is 0 Å². The fraction of sp³-hybridized carbons (Fsp3) is 0.200. The Kier molecular flexibility index (Phi) is 5.03. The van der Waals surface area contributed by atoms with Gasteiger partial charge in [0.25, 0.3) is 11.8 Å². The lowest BCUT2D eigenvalue weighted by Crippen LogP contribution is -2.06. The Labute approximate surface area is 165 Å². The maximum Gasteiger partial charge on any atom is 0.338 e. The highest BCUT2D eigenvalue weighted by atomic mass is 32.1. The molecule has 4 rings (SSSR count). The maximum absolute atomic E-state index is 12.2. The molecular weight excluding hydrogens is 376 g/mol. The molecule has 0 unspecified atom stereocenters. The third-order valence-electron chi connectivity index (χ3n) is 4.22. The van der Waals surface area contributed by atoms with Gasteiger partial charge in [-0.15, -0.1) is 21.5 Å². The summed E-state index contributed by atoms with van der Waals surface area (Å²) in [5.74, 6) is 0.259. The van der Waals surface area contributed by atoms with Crippen LogP contribution in [0, 0.1) is 6.92 Å². The SMILES string of the molecule is CCc1sc(-c2nnc(COC(=O)c3ccc(-n4cccn4)cc3)o2)cc1C. The molecule has 0 fully saturated rings. The van der Waals surface area contributed by atoms with Gasteiger partial charge in [0.1, 0.15) is 0 Å². The summed E-state index contributed by atoms with van der Waals surface area (Å²) < 4.78 is 12.6. The third-order valence-corrected chi connectivity index (χ3v) is 5.59. The molecule has 0 spiro atoms. The number of hydrogen-bond donors (Lipinski definition) is 0. The summed E-state index contributed by atoms with van der Waals surface area (Å²) in [6, 6.07) is 10.9. The lowest BCUT2D eigenvalue weighted by molar-refractivity contribution is 0.0438. The number of aryl methyl sites for hydroxylation is 2. The highest BCUT2D eigenvalue weighted by Gasteiger charge is 2.15. The van der Waals surface area contributed by atoms with Crippen molar-refractivity contribution in [1.29, 1.82) is 0 Å². The normalized spacial score (nSPS) is 10.9. The van der Waals surface area contributed by atoms with E-state index < -0.39 is 5.97 Å². The lowest BCUT2D eigenvalue weighted by atomic mass is 10.2. The van der Waals surface area contributed by atoms with E-state index in [1.807, 2.05) is 18.3 Å². The summed E-state index contributed by atoms with van der Waals surface area (Å²) in [5, 5.41) is 12.2. The first-order valence-corrected chi connectivity index (χ1v) is 9.65. The Bertz CT molecular complexity index is 1080. The van der Waals surface area contributed by atoms with E-state index in [1.165, 1.54) is 10.4 Å². The highest BCUT2D eigenvalue weighted by molar-refractivity contribution is 7.15. The number of hydrogen-bond acceptors (Lipinski definition) is 7. The van der Waals surface area contributed by atoms with Crippen LogP contribution in [0.15, 0.2) is 53.2 Å². The number of esters is 1. The van der Waals surface area contributed by atoms with Gasteiger partial charge in [0.2, 0.25) is 0 Å². The molecule has 8 heteroatoms. The van der Waals surface area contributed by atoms with E-state index in [0.29, 0.717) is 11.5 Å². The van der Waals surface area contributed by atoms with Crippen LogP contribution in [-0.4, -0.2) is 25.9 Å². The van der Waals surface area contributed by atoms with Gasteiger partial charge < -0.3 is 9.15 Å². The van der Waals surface area contributed by atoms with Crippen molar-refractivity contribution in [3.63, 3.8) is 0 Å². The molecule has 3 heterocycles. The van der Waals surface area contributed by atoms with E-state index in [0.717, 1.165) is 17.0 Å². The number of aromatic nitrogens is 4. The average molecular weight is 394 g/mol. The number of benzene rings is 1. The van der Waals surface area contributed by atoms with Gasteiger partial charge in [-0.3, -0.25) is 0 Å². The first-order valence-electron chi connectivity index (χ1n) is 8.83. The van der Waals surface area contributed by atoms with E-state index >= 15 is 0 Å². The van der Waals surface area contributed by atoms with Gasteiger partial charge in [-0.1, -0.05) is 6.92 Å². The number of thiophene rings is 1. The number of rotatable bonds is 6. The van der Waals surface area contributed by atoms with Crippen molar-refractivity contribution in [1.82, 2.24) is 20.0 Å². The van der Waals surface area contributed by atoms with E-state index in [-0.39, 0.29) is 12.5 Å². The van der Waals surface area contributed by atoms with Crippen molar-refractivity contribution in [3.05, 3.63) is 70.7 Å². The first-order chi connectivity index (χ1) is 13.6. The minimum absolute atomic E-state index is 0.0717. The molecule has 0 bridgehead atoms. The Balaban J connectivity index is 1.39. The summed E-state index contributed by atoms with van der Waals surface area (Å²) in [4.78, 5) is 14.5. The van der Waals surface area contributed by atoms with Crippen LogP contribution in [0.25, 0.3) is 16.5 Å². The predicted molar refractivity (Wildman–Crippen MR) is 104 cm³/mol. The Hall–Kier alpha value is -3.26. The van der Waals surface area contributed by atoms with Crippen LogP contribution < -0.4 is 0 Å². The zero-order valence-corrected chi connectivity index (χ0v) is 16.3. The minimum atomic E-state index is -0.452. The van der Waals surface area contributed by atoms with Crippen molar-refractivity contribution in [2.24, 2.45) is 0 Å². The van der Waals surface area contributed by atoms with E-state index in [4.69, 9.17) is 9.15 Å². The van der Waals surface area contributed by atoms with Gasteiger partial charge in [-0.25, -0.2) is 9.48 Å². The second kappa shape index (κ2) is 7.77. The highest BCUT2D eigenvalue weighted by Crippen LogP contribution is 2.30. The van der Waals surface area contributed by atoms with E-state index in [2.05, 4.69) is 29.1 Å². The summed E-state index contributed by atoms with van der Waals surface area (Å²) in [7, 11) is 0. The van der Waals surface area contributed by atoms with Crippen LogP contribution in [0.1, 0.15) is 33.6 Å². The molecule has 0 aliphatic heterocycles. The number of carbonyl (C=O) groups is 1. The molecule has 4 aromatic rings. The predicted octanol–water partition coefficient (Wildman–Crippen LogP) is 4.21. The van der Waals surface area contributed by atoms with Gasteiger partial charge in [0, 0.05) is 17.3 Å². The fourth-order valence-electron chi connectivity index (χ4n) is 2.77. The summed E-state index contributed by atoms with van der Waals surface area (Å²) in [5.41, 5.74) is 2.52. The largest absolute Gasteiger partial charge is 0.452 e. The second-order valence-electron chi connectivity index (χ2n) is 6.14. The van der Waals surface area contributed by atoms with Crippen LogP contribution in [-0.2, 0) is 17.8 Å². The standard InChI is InChI=1S/C20H18N4O3S/c1-3-16-13(2)11-17(28-16)19-23-22-18(27-19)12-26-20(25)14-5-7-15(8-6-14)24-10-4-9-21-24/h4-11H,3,12H2,1-2H3. The van der Waals surface area contributed by atoms with Crippen LogP contribution >= 0.6 is 11.3 Å².